The Morgan fingerprint density at radius 3 is 1.40 bits per heavy atom. The van der Waals surface area contributed by atoms with E-state index in [4.69, 9.17) is 72.5 Å². The molecule has 0 saturated carbocycles. The molecule has 1 heterocycles. The Morgan fingerprint density at radius 1 is 0.600 bits per heavy atom. The minimum absolute atomic E-state index is 0.0414. The average Bonchev–Trinajstić information content (AvgIpc) is 3.52. The number of aliphatic carboxylic acids is 1. The highest BCUT2D eigenvalue weighted by atomic mass is 35.5. The van der Waals surface area contributed by atoms with E-state index in [9.17, 15) is 66.3 Å². The molecule has 0 aromatic heterocycles. The van der Waals surface area contributed by atoms with Crippen molar-refractivity contribution in [1.29, 1.82) is 0 Å². The second-order valence-electron chi connectivity index (χ2n) is 12.2. The minimum Gasteiger partial charge on any atom is -0.477 e. The first-order chi connectivity index (χ1) is 27.1. The predicted molar refractivity (Wildman–Crippen MR) is 195 cm³/mol. The van der Waals surface area contributed by atoms with E-state index in [2.05, 4.69) is 4.99 Å². The number of anilines is 2. The number of nitrogen functional groups attached to an aromatic ring is 2. The van der Waals surface area contributed by atoms with Crippen LogP contribution in [0.25, 0.3) is 0 Å². The van der Waals surface area contributed by atoms with Gasteiger partial charge in [-0.15, -0.1) is 0 Å². The molecule has 0 radical (unpaired) electrons. The molecule has 0 aliphatic carbocycles. The number of aryl methyl sites for hydroxylation is 2. The highest BCUT2D eigenvalue weighted by Crippen LogP contribution is 2.51. The zero-order valence-electron chi connectivity index (χ0n) is 29.6. The second-order valence-corrected chi connectivity index (χ2v) is 13.9. The molecule has 0 saturated heterocycles. The van der Waals surface area contributed by atoms with Gasteiger partial charge in [0.2, 0.25) is 0 Å². The summed E-state index contributed by atoms with van der Waals surface area (Å²) in [7, 11) is 0. The van der Waals surface area contributed by atoms with E-state index in [1.54, 1.807) is 37.3 Å². The summed E-state index contributed by atoms with van der Waals surface area (Å²) in [6, 6.07) is 15.6. The molecule has 7 nitrogen and oxygen atoms in total. The summed E-state index contributed by atoms with van der Waals surface area (Å²) in [6.45, 7) is 3.73. The lowest BCUT2D eigenvalue weighted by Crippen LogP contribution is -2.56. The van der Waals surface area contributed by atoms with Crippen LogP contribution in [-0.2, 0) is 11.2 Å². The predicted octanol–water partition coefficient (Wildman–Crippen LogP) is 13.7. The maximum atomic E-state index is 13.9. The number of nitrogens with zero attached hydrogens (tertiary/aromatic N) is 1. The molecule has 5 rings (SSSR count). The van der Waals surface area contributed by atoms with Gasteiger partial charge in [-0.2, -0.15) is 61.5 Å². The molecular weight excluding hydrogens is 934 g/mol. The van der Waals surface area contributed by atoms with Crippen LogP contribution in [0.3, 0.4) is 0 Å². The van der Waals surface area contributed by atoms with Crippen LogP contribution in [0.4, 0.5) is 78.5 Å². The number of fused-ring (bicyclic) bond motifs is 1. The first kappa shape index (κ1) is 49.8. The van der Waals surface area contributed by atoms with Crippen molar-refractivity contribution in [2.45, 2.75) is 56.3 Å². The van der Waals surface area contributed by atoms with E-state index in [0.29, 0.717) is 32.9 Å². The number of carbonyl (C=O) groups is 1. The monoisotopic (exact) mass is 955 g/mol. The number of alkyl halides is 14. The van der Waals surface area contributed by atoms with Gasteiger partial charge in [0.25, 0.3) is 0 Å². The summed E-state index contributed by atoms with van der Waals surface area (Å²) >= 11 is 24.2. The summed E-state index contributed by atoms with van der Waals surface area (Å²) < 4.78 is 183. The Balaban J connectivity index is 0.000000265. The molecule has 0 unspecified atom stereocenters. The van der Waals surface area contributed by atoms with E-state index in [1.165, 1.54) is 6.07 Å². The van der Waals surface area contributed by atoms with Crippen molar-refractivity contribution in [1.82, 2.24) is 0 Å². The Bertz CT molecular complexity index is 2290. The number of aliphatic imine (C=N–C) groups is 1. The molecule has 1 aliphatic heterocycles. The molecule has 0 bridgehead atoms. The fourth-order valence-electron chi connectivity index (χ4n) is 4.40. The van der Waals surface area contributed by atoms with Gasteiger partial charge in [0.1, 0.15) is 23.0 Å². The second kappa shape index (κ2) is 17.8. The number of hydrogen-bond acceptors (Lipinski definition) is 6. The number of halogens is 18. The van der Waals surface area contributed by atoms with Gasteiger partial charge in [0.05, 0.1) is 42.9 Å². The van der Waals surface area contributed by atoms with Gasteiger partial charge in [-0.25, -0.2) is 4.79 Å². The molecule has 5 N–H and O–H groups in total. The molecule has 0 atom stereocenters. The van der Waals surface area contributed by atoms with E-state index in [-0.39, 0.29) is 32.8 Å². The molecule has 328 valence electrons. The van der Waals surface area contributed by atoms with Crippen LogP contribution in [0.5, 0.6) is 23.0 Å². The Morgan fingerprint density at radius 2 is 1.00 bits per heavy atom. The number of hydrogen-bond donors (Lipinski definition) is 3. The number of benzene rings is 4. The van der Waals surface area contributed by atoms with Gasteiger partial charge in [-0.1, -0.05) is 58.5 Å². The van der Waals surface area contributed by atoms with Crippen molar-refractivity contribution in [3.8, 4) is 23.0 Å². The van der Waals surface area contributed by atoms with Crippen molar-refractivity contribution in [3.05, 3.63) is 97.4 Å². The fourth-order valence-corrected chi connectivity index (χ4v) is 5.36. The number of rotatable bonds is 8. The van der Waals surface area contributed by atoms with E-state index in [1.807, 2.05) is 19.1 Å². The van der Waals surface area contributed by atoms with Crippen molar-refractivity contribution in [3.63, 3.8) is 0 Å². The summed E-state index contributed by atoms with van der Waals surface area (Å²) in [5.74, 6) is -27.0. The molecule has 1 aliphatic rings. The van der Waals surface area contributed by atoms with Crippen LogP contribution < -0.4 is 20.9 Å². The van der Waals surface area contributed by atoms with Crippen LogP contribution in [0.15, 0.2) is 65.7 Å². The van der Waals surface area contributed by atoms with Gasteiger partial charge < -0.3 is 26.0 Å². The van der Waals surface area contributed by atoms with Crippen molar-refractivity contribution in [2.24, 2.45) is 4.99 Å². The molecule has 60 heavy (non-hydrogen) atoms. The van der Waals surface area contributed by atoms with E-state index in [0.717, 1.165) is 23.3 Å². The summed E-state index contributed by atoms with van der Waals surface area (Å²) in [5, 5.41) is 8.43. The molecule has 4 aromatic rings. The standard InChI is InChI=1S/C18H10Cl2F7NO.C13H12Cl2N2O.C4HF7O2/c1-8-2-3-13(10(19)4-8)29-14-5-9-6-15(28-12(9)7-11(14)20)16(21,22)17(23,24)18(25,26)27;1-7-2-3-12(8(14)4-7)18-13-6-11(17)10(16)5-9(13)15;5-2(6,1(12)13)3(7,8)4(9,10)11/h2-5,7H,6H2,1H3;2-6H,16-17H2,1H3;(H,12,13). The van der Waals surface area contributed by atoms with Crippen LogP contribution >= 0.6 is 46.4 Å². The van der Waals surface area contributed by atoms with Crippen LogP contribution in [-0.4, -0.2) is 52.8 Å². The number of nitrogens with two attached hydrogens (primary N) is 2. The first-order valence-corrected chi connectivity index (χ1v) is 17.2. The van der Waals surface area contributed by atoms with Crippen LogP contribution in [0.2, 0.25) is 20.1 Å². The third-order valence-corrected chi connectivity index (χ3v) is 8.81. The van der Waals surface area contributed by atoms with Crippen LogP contribution in [0, 0.1) is 13.8 Å². The van der Waals surface area contributed by atoms with Gasteiger partial charge in [-0.3, -0.25) is 4.99 Å². The molecule has 0 spiro atoms. The van der Waals surface area contributed by atoms with Gasteiger partial charge in [0.15, 0.2) is 0 Å². The lowest BCUT2D eigenvalue weighted by molar-refractivity contribution is -0.347. The van der Waals surface area contributed by atoms with Crippen LogP contribution in [0.1, 0.15) is 16.7 Å². The Labute approximate surface area is 348 Å². The number of ether oxygens (including phenoxy) is 2. The molecule has 25 heteroatoms. The van der Waals surface area contributed by atoms with Crippen molar-refractivity contribution < 1.29 is 80.8 Å². The van der Waals surface area contributed by atoms with Crippen molar-refractivity contribution in [2.75, 3.05) is 11.5 Å². The summed E-state index contributed by atoms with van der Waals surface area (Å²) in [6.07, 6.45) is -14.0. The average molecular weight is 957 g/mol. The molecule has 0 fully saturated rings. The Kier molecular flexibility index (Phi) is 14.7. The molecular formula is C35H23Cl4F14N3O4. The lowest BCUT2D eigenvalue weighted by Gasteiger charge is -2.28. The lowest BCUT2D eigenvalue weighted by atomic mass is 10.0. The zero-order valence-corrected chi connectivity index (χ0v) is 32.6. The van der Waals surface area contributed by atoms with E-state index < -0.39 is 54.1 Å². The summed E-state index contributed by atoms with van der Waals surface area (Å²) in [5.41, 5.74) is 12.2. The number of carboxylic acids is 1. The highest BCUT2D eigenvalue weighted by Gasteiger charge is 2.77. The minimum atomic E-state index is -6.60. The maximum absolute atomic E-state index is 13.9. The fraction of sp³-hybridized carbons (Fsp3) is 0.257. The quantitative estimate of drug-likeness (QED) is 0.120. The third kappa shape index (κ3) is 10.6. The Hall–Kier alpha value is -4.60. The third-order valence-electron chi connectivity index (χ3n) is 7.63. The zero-order chi connectivity index (χ0) is 46.1. The van der Waals surface area contributed by atoms with Gasteiger partial charge in [0, 0.05) is 12.5 Å². The SMILES string of the molecule is Cc1ccc(Oc2cc(N)c(N)cc2Cl)c(Cl)c1.Cc1ccc(Oc2cc3c(cc2Cl)N=C(C(F)(F)C(F)(F)C(F)(F)F)C3)c(Cl)c1.O=C(O)C(F)(F)C(F)(F)C(F)(F)F. The highest BCUT2D eigenvalue weighted by molar-refractivity contribution is 6.34. The summed E-state index contributed by atoms with van der Waals surface area (Å²) in [4.78, 5) is 12.6. The van der Waals surface area contributed by atoms with Crippen molar-refractivity contribution >= 4 is 75.1 Å². The first-order valence-electron chi connectivity index (χ1n) is 15.7. The molecule has 4 aromatic carbocycles. The maximum Gasteiger partial charge on any atom is 0.460 e. The molecule has 0 amide bonds. The van der Waals surface area contributed by atoms with Gasteiger partial charge in [-0.05, 0) is 73.0 Å². The topological polar surface area (TPSA) is 120 Å². The smallest absolute Gasteiger partial charge is 0.460 e. The number of carboxylic acid groups (broad SMARTS) is 1. The van der Waals surface area contributed by atoms with E-state index >= 15 is 0 Å². The normalized spacial score (nSPS) is 13.3. The van der Waals surface area contributed by atoms with Gasteiger partial charge >= 0.3 is 42.0 Å². The largest absolute Gasteiger partial charge is 0.477 e.